The summed E-state index contributed by atoms with van der Waals surface area (Å²) in [6, 6.07) is 7.02. The predicted molar refractivity (Wildman–Crippen MR) is 82.1 cm³/mol. The quantitative estimate of drug-likeness (QED) is 0.897. The first-order chi connectivity index (χ1) is 8.20. The van der Waals surface area contributed by atoms with E-state index in [4.69, 9.17) is 5.73 Å². The maximum atomic E-state index is 13.0. The minimum absolute atomic E-state index is 0. The molecule has 1 rings (SSSR count). The summed E-state index contributed by atoms with van der Waals surface area (Å²) in [5.74, 6) is 0.255. The minimum Gasteiger partial charge on any atom is -0.324 e. The van der Waals surface area contributed by atoms with E-state index in [1.54, 1.807) is 0 Å². The fourth-order valence-electron chi connectivity index (χ4n) is 2.55. The summed E-state index contributed by atoms with van der Waals surface area (Å²) in [5.41, 5.74) is 6.98. The number of nitrogens with two attached hydrogens (primary N) is 1. The summed E-state index contributed by atoms with van der Waals surface area (Å²) in [6.07, 6.45) is 0. The molecule has 0 spiro atoms. The van der Waals surface area contributed by atoms with Crippen LogP contribution in [0.3, 0.4) is 0 Å². The molecule has 0 saturated heterocycles. The first-order valence-corrected chi connectivity index (χ1v) is 6.45. The lowest BCUT2D eigenvalue weighted by atomic mass is 9.93. The lowest BCUT2D eigenvalue weighted by molar-refractivity contribution is 0.163. The largest absolute Gasteiger partial charge is 0.324 e. The van der Waals surface area contributed by atoms with E-state index in [9.17, 15) is 4.39 Å². The summed E-state index contributed by atoms with van der Waals surface area (Å²) in [4.78, 5) is 2.25. The van der Waals surface area contributed by atoms with E-state index in [2.05, 4.69) is 25.8 Å². The fraction of sp³-hybridized carbons (Fsp3) is 0.600. The Hall–Kier alpha value is -0.640. The van der Waals surface area contributed by atoms with Gasteiger partial charge in [-0.05, 0) is 44.5 Å². The Balaban J connectivity index is 0.00000324. The van der Waals surface area contributed by atoms with Gasteiger partial charge in [0.05, 0.1) is 0 Å². The lowest BCUT2D eigenvalue weighted by Gasteiger charge is -2.36. The van der Waals surface area contributed by atoms with Crippen molar-refractivity contribution in [2.75, 3.05) is 13.6 Å². The number of hydrogen-bond donors (Lipinski definition) is 1. The predicted octanol–water partition coefficient (Wildman–Crippen LogP) is 3.61. The highest BCUT2D eigenvalue weighted by molar-refractivity contribution is 5.85. The zero-order valence-corrected chi connectivity index (χ0v) is 13.3. The Bertz CT molecular complexity index is 371. The van der Waals surface area contributed by atoms with Gasteiger partial charge in [0, 0.05) is 18.1 Å². The number of halogens is 2. The van der Waals surface area contributed by atoms with Crippen molar-refractivity contribution in [1.82, 2.24) is 4.90 Å². The van der Waals surface area contributed by atoms with Crippen LogP contribution in [0.5, 0.6) is 0 Å². The van der Waals surface area contributed by atoms with Gasteiger partial charge in [0.15, 0.2) is 0 Å². The molecule has 1 unspecified atom stereocenters. The molecule has 0 bridgehead atoms. The van der Waals surface area contributed by atoms with E-state index in [1.807, 2.05) is 26.0 Å². The number of rotatable bonds is 5. The third kappa shape index (κ3) is 5.89. The highest BCUT2D eigenvalue weighted by Crippen LogP contribution is 2.28. The van der Waals surface area contributed by atoms with Crippen LogP contribution in [0.25, 0.3) is 0 Å². The molecule has 0 aliphatic rings. The zero-order chi connectivity index (χ0) is 13.9. The molecule has 0 saturated carbocycles. The van der Waals surface area contributed by atoms with Gasteiger partial charge in [0.25, 0.3) is 0 Å². The summed E-state index contributed by atoms with van der Waals surface area (Å²) in [7, 11) is 2.07. The van der Waals surface area contributed by atoms with E-state index in [0.717, 1.165) is 12.1 Å². The van der Waals surface area contributed by atoms with Gasteiger partial charge >= 0.3 is 0 Å². The Morgan fingerprint density at radius 1 is 1.21 bits per heavy atom. The molecule has 1 atom stereocenters. The van der Waals surface area contributed by atoms with Gasteiger partial charge in [-0.3, -0.25) is 4.90 Å². The molecule has 0 aliphatic heterocycles. The molecular weight excluding hydrogens is 263 g/mol. The van der Waals surface area contributed by atoms with Gasteiger partial charge in [0.1, 0.15) is 5.82 Å². The smallest absolute Gasteiger partial charge is 0.123 e. The van der Waals surface area contributed by atoms with Crippen molar-refractivity contribution in [3.8, 4) is 0 Å². The van der Waals surface area contributed by atoms with E-state index in [0.29, 0.717) is 5.92 Å². The standard InChI is InChI=1S/C15H25FN2.ClH/c1-11(2)14(18(5)10-15(3,4)17)12-6-8-13(16)9-7-12;/h6-9,11,14H,10,17H2,1-5H3;1H. The molecule has 1 aromatic carbocycles. The first-order valence-electron chi connectivity index (χ1n) is 6.45. The summed E-state index contributed by atoms with van der Waals surface area (Å²) >= 11 is 0. The van der Waals surface area contributed by atoms with Crippen LogP contribution in [0, 0.1) is 11.7 Å². The van der Waals surface area contributed by atoms with Crippen molar-refractivity contribution >= 4 is 12.4 Å². The second-order valence-electron chi connectivity index (χ2n) is 6.14. The highest BCUT2D eigenvalue weighted by atomic mass is 35.5. The van der Waals surface area contributed by atoms with Gasteiger partial charge in [-0.2, -0.15) is 0 Å². The zero-order valence-electron chi connectivity index (χ0n) is 12.5. The van der Waals surface area contributed by atoms with Crippen LogP contribution in [0.15, 0.2) is 24.3 Å². The van der Waals surface area contributed by atoms with Crippen molar-refractivity contribution < 1.29 is 4.39 Å². The Labute approximate surface area is 122 Å². The van der Waals surface area contributed by atoms with Crippen LogP contribution in [0.4, 0.5) is 4.39 Å². The molecule has 2 nitrogen and oxygen atoms in total. The van der Waals surface area contributed by atoms with E-state index < -0.39 is 0 Å². The van der Waals surface area contributed by atoms with Crippen molar-refractivity contribution in [3.05, 3.63) is 35.6 Å². The van der Waals surface area contributed by atoms with Gasteiger partial charge in [0.2, 0.25) is 0 Å². The van der Waals surface area contributed by atoms with E-state index >= 15 is 0 Å². The van der Waals surface area contributed by atoms with Crippen LogP contribution in [-0.2, 0) is 0 Å². The third-order valence-corrected chi connectivity index (χ3v) is 2.97. The van der Waals surface area contributed by atoms with Gasteiger partial charge in [-0.25, -0.2) is 4.39 Å². The summed E-state index contributed by atoms with van der Waals surface area (Å²) < 4.78 is 13.0. The van der Waals surface area contributed by atoms with Crippen LogP contribution >= 0.6 is 12.4 Å². The van der Waals surface area contributed by atoms with Gasteiger partial charge in [-0.15, -0.1) is 12.4 Å². The fourth-order valence-corrected chi connectivity index (χ4v) is 2.55. The summed E-state index contributed by atoms with van der Waals surface area (Å²) in [5, 5.41) is 0. The lowest BCUT2D eigenvalue weighted by Crippen LogP contribution is -2.45. The third-order valence-electron chi connectivity index (χ3n) is 2.97. The maximum Gasteiger partial charge on any atom is 0.123 e. The normalized spacial score (nSPS) is 13.5. The van der Waals surface area contributed by atoms with Crippen molar-refractivity contribution in [2.24, 2.45) is 11.7 Å². The number of likely N-dealkylation sites (N-methyl/N-ethyl adjacent to an activating group) is 1. The van der Waals surface area contributed by atoms with E-state index in [-0.39, 0.29) is 29.8 Å². The Morgan fingerprint density at radius 2 is 1.68 bits per heavy atom. The molecule has 19 heavy (non-hydrogen) atoms. The number of hydrogen-bond acceptors (Lipinski definition) is 2. The molecule has 2 N–H and O–H groups in total. The average Bonchev–Trinajstić information content (AvgIpc) is 2.18. The van der Waals surface area contributed by atoms with Crippen LogP contribution in [0.2, 0.25) is 0 Å². The Kier molecular flexibility index (Phi) is 6.98. The molecule has 110 valence electrons. The van der Waals surface area contributed by atoms with Crippen molar-refractivity contribution in [2.45, 2.75) is 39.3 Å². The van der Waals surface area contributed by atoms with Crippen LogP contribution in [0.1, 0.15) is 39.3 Å². The SMILES string of the molecule is CC(C)C(c1ccc(F)cc1)N(C)CC(C)(C)N.Cl. The van der Waals surface area contributed by atoms with Crippen molar-refractivity contribution in [1.29, 1.82) is 0 Å². The molecular formula is C15H26ClFN2. The molecule has 0 radical (unpaired) electrons. The molecule has 0 heterocycles. The Morgan fingerprint density at radius 3 is 2.05 bits per heavy atom. The molecule has 4 heteroatoms. The second-order valence-corrected chi connectivity index (χ2v) is 6.14. The van der Waals surface area contributed by atoms with Gasteiger partial charge < -0.3 is 5.73 Å². The second kappa shape index (κ2) is 7.22. The highest BCUT2D eigenvalue weighted by Gasteiger charge is 2.24. The van der Waals surface area contributed by atoms with Crippen LogP contribution in [-0.4, -0.2) is 24.0 Å². The number of nitrogens with zero attached hydrogens (tertiary/aromatic N) is 1. The summed E-state index contributed by atoms with van der Waals surface area (Å²) in [6.45, 7) is 9.19. The first kappa shape index (κ1) is 18.4. The molecule has 0 aromatic heterocycles. The maximum absolute atomic E-state index is 13.0. The molecule has 1 aromatic rings. The average molecular weight is 289 g/mol. The monoisotopic (exact) mass is 288 g/mol. The van der Waals surface area contributed by atoms with Crippen molar-refractivity contribution in [3.63, 3.8) is 0 Å². The van der Waals surface area contributed by atoms with Gasteiger partial charge in [-0.1, -0.05) is 26.0 Å². The minimum atomic E-state index is -0.234. The molecule has 0 aliphatic carbocycles. The van der Waals surface area contributed by atoms with Crippen LogP contribution < -0.4 is 5.73 Å². The molecule has 0 fully saturated rings. The van der Waals surface area contributed by atoms with E-state index in [1.165, 1.54) is 12.1 Å². The number of benzene rings is 1. The molecule has 0 amide bonds. The topological polar surface area (TPSA) is 29.3 Å².